The first-order valence-electron chi connectivity index (χ1n) is 7.42. The van der Waals surface area contributed by atoms with Crippen molar-refractivity contribution in [3.63, 3.8) is 0 Å². The molecule has 0 saturated carbocycles. The highest BCUT2D eigenvalue weighted by molar-refractivity contribution is 5.76. The lowest BCUT2D eigenvalue weighted by Crippen LogP contribution is -2.30. The van der Waals surface area contributed by atoms with Crippen LogP contribution in [-0.4, -0.2) is 30.4 Å². The molecule has 0 radical (unpaired) electrons. The van der Waals surface area contributed by atoms with Crippen LogP contribution in [0.5, 0.6) is 0 Å². The third-order valence-corrected chi connectivity index (χ3v) is 3.93. The molecular formula is C16H23FN2O. The molecule has 1 aliphatic rings. The van der Waals surface area contributed by atoms with Crippen LogP contribution in [0.25, 0.3) is 0 Å². The van der Waals surface area contributed by atoms with Crippen molar-refractivity contribution in [3.8, 4) is 0 Å². The molecule has 20 heavy (non-hydrogen) atoms. The molecule has 1 N–H and O–H groups in total. The Morgan fingerprint density at radius 1 is 1.50 bits per heavy atom. The number of amides is 1. The van der Waals surface area contributed by atoms with E-state index in [1.54, 1.807) is 11.0 Å². The lowest BCUT2D eigenvalue weighted by molar-refractivity contribution is -0.131. The molecule has 1 aliphatic heterocycles. The van der Waals surface area contributed by atoms with Crippen molar-refractivity contribution in [1.82, 2.24) is 10.2 Å². The minimum absolute atomic E-state index is 0.170. The summed E-state index contributed by atoms with van der Waals surface area (Å²) in [5.41, 5.74) is 0.850. The number of carbonyl (C=O) groups is 1. The minimum Gasteiger partial charge on any atom is -0.339 e. The largest absolute Gasteiger partial charge is 0.339 e. The highest BCUT2D eigenvalue weighted by Crippen LogP contribution is 2.16. The fourth-order valence-electron chi connectivity index (χ4n) is 2.68. The molecule has 1 aromatic carbocycles. The van der Waals surface area contributed by atoms with Crippen LogP contribution < -0.4 is 5.32 Å². The van der Waals surface area contributed by atoms with Crippen LogP contribution in [0, 0.1) is 11.7 Å². The maximum absolute atomic E-state index is 13.2. The average molecular weight is 278 g/mol. The summed E-state index contributed by atoms with van der Waals surface area (Å²) < 4.78 is 13.2. The first-order chi connectivity index (χ1) is 9.69. The van der Waals surface area contributed by atoms with E-state index in [1.807, 2.05) is 13.0 Å². The Bertz CT molecular complexity index is 444. The van der Waals surface area contributed by atoms with Crippen molar-refractivity contribution in [2.24, 2.45) is 5.92 Å². The molecule has 0 aromatic heterocycles. The first-order valence-corrected chi connectivity index (χ1v) is 7.42. The third-order valence-electron chi connectivity index (χ3n) is 3.93. The van der Waals surface area contributed by atoms with Crippen molar-refractivity contribution in [1.29, 1.82) is 0 Å². The summed E-state index contributed by atoms with van der Waals surface area (Å²) in [7, 11) is 0. The van der Waals surface area contributed by atoms with Crippen molar-refractivity contribution < 1.29 is 9.18 Å². The van der Waals surface area contributed by atoms with Crippen LogP contribution >= 0.6 is 0 Å². The number of benzene rings is 1. The zero-order valence-electron chi connectivity index (χ0n) is 12.1. The Balaban J connectivity index is 1.85. The van der Waals surface area contributed by atoms with E-state index in [9.17, 15) is 9.18 Å². The van der Waals surface area contributed by atoms with E-state index in [1.165, 1.54) is 18.6 Å². The standard InChI is InChI=1S/C16H23FN2O/c1-2-19(12-14-4-3-5-15(17)10-14)16(20)7-6-13-8-9-18-11-13/h3-5,10,13,18H,2,6-9,11-12H2,1H3. The van der Waals surface area contributed by atoms with Crippen LogP contribution in [0.2, 0.25) is 0 Å². The summed E-state index contributed by atoms with van der Waals surface area (Å²) in [6.45, 7) is 5.23. The van der Waals surface area contributed by atoms with Gasteiger partial charge in [0.25, 0.3) is 0 Å². The van der Waals surface area contributed by atoms with Crippen LogP contribution in [0.1, 0.15) is 31.7 Å². The number of hydrogen-bond acceptors (Lipinski definition) is 2. The third kappa shape index (κ3) is 4.30. The monoisotopic (exact) mass is 278 g/mol. The molecule has 1 heterocycles. The average Bonchev–Trinajstić information content (AvgIpc) is 2.95. The minimum atomic E-state index is -0.247. The van der Waals surface area contributed by atoms with Crippen molar-refractivity contribution in [3.05, 3.63) is 35.6 Å². The van der Waals surface area contributed by atoms with Crippen molar-refractivity contribution >= 4 is 5.91 Å². The molecule has 1 unspecified atom stereocenters. The lowest BCUT2D eigenvalue weighted by atomic mass is 10.0. The Hall–Kier alpha value is -1.42. The van der Waals surface area contributed by atoms with E-state index < -0.39 is 0 Å². The molecule has 2 rings (SSSR count). The van der Waals surface area contributed by atoms with E-state index in [0.717, 1.165) is 25.1 Å². The second-order valence-corrected chi connectivity index (χ2v) is 5.44. The van der Waals surface area contributed by atoms with Gasteiger partial charge in [0.2, 0.25) is 5.91 Å². The van der Waals surface area contributed by atoms with Gasteiger partial charge in [-0.2, -0.15) is 0 Å². The number of nitrogens with one attached hydrogen (secondary N) is 1. The van der Waals surface area contributed by atoms with Gasteiger partial charge in [0, 0.05) is 19.5 Å². The van der Waals surface area contributed by atoms with Gasteiger partial charge in [-0.25, -0.2) is 4.39 Å². The van der Waals surface area contributed by atoms with Gasteiger partial charge in [0.1, 0.15) is 5.82 Å². The molecule has 0 spiro atoms. The van der Waals surface area contributed by atoms with Gasteiger partial charge in [0.15, 0.2) is 0 Å². The van der Waals surface area contributed by atoms with Gasteiger partial charge < -0.3 is 10.2 Å². The molecule has 110 valence electrons. The van der Waals surface area contributed by atoms with Gasteiger partial charge in [-0.3, -0.25) is 4.79 Å². The van der Waals surface area contributed by atoms with E-state index in [0.29, 0.717) is 25.4 Å². The van der Waals surface area contributed by atoms with E-state index in [4.69, 9.17) is 0 Å². The number of nitrogens with zero attached hydrogens (tertiary/aromatic N) is 1. The number of halogens is 1. The topological polar surface area (TPSA) is 32.3 Å². The fourth-order valence-corrected chi connectivity index (χ4v) is 2.68. The zero-order valence-corrected chi connectivity index (χ0v) is 12.1. The molecular weight excluding hydrogens is 255 g/mol. The SMILES string of the molecule is CCN(Cc1cccc(F)c1)C(=O)CCC1CCNC1. The van der Waals surface area contributed by atoms with Crippen LogP contribution in [0.3, 0.4) is 0 Å². The smallest absolute Gasteiger partial charge is 0.222 e. The quantitative estimate of drug-likeness (QED) is 0.867. The highest BCUT2D eigenvalue weighted by atomic mass is 19.1. The normalized spacial score (nSPS) is 18.2. The molecule has 1 atom stereocenters. The Labute approximate surface area is 120 Å². The summed E-state index contributed by atoms with van der Waals surface area (Å²) >= 11 is 0. The van der Waals surface area contributed by atoms with Gasteiger partial charge in [-0.05, 0) is 56.5 Å². The summed E-state index contributed by atoms with van der Waals surface area (Å²) in [5.74, 6) is 0.554. The maximum Gasteiger partial charge on any atom is 0.222 e. The molecule has 1 aromatic rings. The Morgan fingerprint density at radius 2 is 2.35 bits per heavy atom. The predicted molar refractivity (Wildman–Crippen MR) is 77.7 cm³/mol. The maximum atomic E-state index is 13.2. The number of rotatable bonds is 6. The Morgan fingerprint density at radius 3 is 3.00 bits per heavy atom. The van der Waals surface area contributed by atoms with E-state index in [2.05, 4.69) is 5.32 Å². The van der Waals surface area contributed by atoms with E-state index in [-0.39, 0.29) is 11.7 Å². The lowest BCUT2D eigenvalue weighted by Gasteiger charge is -2.21. The summed E-state index contributed by atoms with van der Waals surface area (Å²) in [5, 5.41) is 3.32. The van der Waals surface area contributed by atoms with Gasteiger partial charge >= 0.3 is 0 Å². The predicted octanol–water partition coefficient (Wildman–Crippen LogP) is 2.56. The fraction of sp³-hybridized carbons (Fsp3) is 0.562. The second-order valence-electron chi connectivity index (χ2n) is 5.44. The zero-order chi connectivity index (χ0) is 14.4. The van der Waals surface area contributed by atoms with Crippen LogP contribution in [-0.2, 0) is 11.3 Å². The molecule has 4 heteroatoms. The van der Waals surface area contributed by atoms with Gasteiger partial charge in [-0.15, -0.1) is 0 Å². The molecule has 3 nitrogen and oxygen atoms in total. The second kappa shape index (κ2) is 7.39. The Kier molecular flexibility index (Phi) is 5.53. The summed E-state index contributed by atoms with van der Waals surface area (Å²) in [6.07, 6.45) is 2.71. The van der Waals surface area contributed by atoms with Crippen LogP contribution in [0.4, 0.5) is 4.39 Å². The molecule has 1 amide bonds. The highest BCUT2D eigenvalue weighted by Gasteiger charge is 2.18. The van der Waals surface area contributed by atoms with Crippen molar-refractivity contribution in [2.45, 2.75) is 32.7 Å². The van der Waals surface area contributed by atoms with Crippen LogP contribution in [0.15, 0.2) is 24.3 Å². The molecule has 1 fully saturated rings. The molecule has 0 bridgehead atoms. The van der Waals surface area contributed by atoms with Gasteiger partial charge in [0.05, 0.1) is 0 Å². The summed E-state index contributed by atoms with van der Waals surface area (Å²) in [4.78, 5) is 14.0. The van der Waals surface area contributed by atoms with E-state index >= 15 is 0 Å². The molecule has 1 saturated heterocycles. The van der Waals surface area contributed by atoms with Crippen molar-refractivity contribution in [2.75, 3.05) is 19.6 Å². The first kappa shape index (κ1) is 15.0. The molecule has 0 aliphatic carbocycles. The van der Waals surface area contributed by atoms with Gasteiger partial charge in [-0.1, -0.05) is 12.1 Å². The number of hydrogen-bond donors (Lipinski definition) is 1. The number of carbonyl (C=O) groups excluding carboxylic acids is 1. The summed E-state index contributed by atoms with van der Waals surface area (Å²) in [6, 6.07) is 6.47.